The third-order valence-corrected chi connectivity index (χ3v) is 6.73. The van der Waals surface area contributed by atoms with Crippen LogP contribution in [0.5, 0.6) is 17.2 Å². The predicted octanol–water partition coefficient (Wildman–Crippen LogP) is 4.64. The van der Waals surface area contributed by atoms with Crippen molar-refractivity contribution >= 4 is 34.6 Å². The van der Waals surface area contributed by atoms with Gasteiger partial charge in [0.2, 0.25) is 5.91 Å². The second kappa shape index (κ2) is 8.74. The number of amides is 1. The number of rotatable bonds is 5. The van der Waals surface area contributed by atoms with E-state index in [4.69, 9.17) is 26.4 Å². The molecule has 0 radical (unpaired) electrons. The molecule has 0 aliphatic carbocycles. The highest BCUT2D eigenvalue weighted by Crippen LogP contribution is 2.52. The van der Waals surface area contributed by atoms with Crippen molar-refractivity contribution in [3.8, 4) is 17.2 Å². The summed E-state index contributed by atoms with van der Waals surface area (Å²) in [6, 6.07) is 18.0. The lowest BCUT2D eigenvalue weighted by Crippen LogP contribution is -2.72. The van der Waals surface area contributed by atoms with Gasteiger partial charge in [-0.25, -0.2) is 4.39 Å². The topological polar surface area (TPSA) is 72.1 Å². The Morgan fingerprint density at radius 1 is 1.09 bits per heavy atom. The van der Waals surface area contributed by atoms with Gasteiger partial charge in [-0.1, -0.05) is 12.1 Å². The maximum Gasteiger partial charge on any atom is 0.236 e. The Balaban J connectivity index is 1.61. The first-order valence-corrected chi connectivity index (χ1v) is 11.4. The van der Waals surface area contributed by atoms with Gasteiger partial charge in [-0.3, -0.25) is 9.69 Å². The molecular weight excluding hydrogens is 469 g/mol. The van der Waals surface area contributed by atoms with Crippen LogP contribution in [0.2, 0.25) is 0 Å². The SMILES string of the molecule is COc1ccc(NC(=O)[C@H]2[C@H]3NC(=S)N(c4ccc(F)cc4)[C@@]2(C)Oc2c(OC)cccc23)cc1. The summed E-state index contributed by atoms with van der Waals surface area (Å²) in [6.45, 7) is 1.81. The number of nitrogens with one attached hydrogen (secondary N) is 2. The fraction of sp³-hybridized carbons (Fsp3) is 0.231. The molecule has 2 bridgehead atoms. The quantitative estimate of drug-likeness (QED) is 0.502. The van der Waals surface area contributed by atoms with Crippen LogP contribution in [0.25, 0.3) is 0 Å². The zero-order valence-corrected chi connectivity index (χ0v) is 20.2. The minimum Gasteiger partial charge on any atom is -0.497 e. The van der Waals surface area contributed by atoms with Gasteiger partial charge < -0.3 is 24.8 Å². The highest BCUT2D eigenvalue weighted by atomic mass is 32.1. The monoisotopic (exact) mass is 493 g/mol. The normalized spacial score (nSPS) is 22.4. The zero-order valence-electron chi connectivity index (χ0n) is 19.4. The average molecular weight is 494 g/mol. The number of anilines is 2. The first-order valence-electron chi connectivity index (χ1n) is 11.0. The number of ether oxygens (including phenoxy) is 3. The van der Waals surface area contributed by atoms with E-state index in [9.17, 15) is 9.18 Å². The molecular formula is C26H24FN3O4S. The summed E-state index contributed by atoms with van der Waals surface area (Å²) in [5.41, 5.74) is 0.719. The third-order valence-electron chi connectivity index (χ3n) is 6.43. The van der Waals surface area contributed by atoms with Gasteiger partial charge in [-0.05, 0) is 73.7 Å². The number of methoxy groups -OCH3 is 2. The van der Waals surface area contributed by atoms with Crippen LogP contribution in [0.3, 0.4) is 0 Å². The number of hydrogen-bond acceptors (Lipinski definition) is 5. The highest BCUT2D eigenvalue weighted by Gasteiger charge is 2.59. The summed E-state index contributed by atoms with van der Waals surface area (Å²) < 4.78 is 31.1. The number of hydrogen-bond donors (Lipinski definition) is 2. The van der Waals surface area contributed by atoms with Crippen LogP contribution in [-0.4, -0.2) is 31.0 Å². The van der Waals surface area contributed by atoms with E-state index in [1.807, 2.05) is 19.1 Å². The number of benzene rings is 3. The van der Waals surface area contributed by atoms with Crippen molar-refractivity contribution in [3.63, 3.8) is 0 Å². The first-order chi connectivity index (χ1) is 16.9. The van der Waals surface area contributed by atoms with Gasteiger partial charge in [0, 0.05) is 16.9 Å². The van der Waals surface area contributed by atoms with Gasteiger partial charge in [0.15, 0.2) is 22.3 Å². The molecule has 3 atom stereocenters. The third kappa shape index (κ3) is 3.81. The van der Waals surface area contributed by atoms with E-state index in [1.54, 1.807) is 61.6 Å². The summed E-state index contributed by atoms with van der Waals surface area (Å²) in [5, 5.41) is 6.69. The number of nitrogens with zero attached hydrogens (tertiary/aromatic N) is 1. The molecule has 180 valence electrons. The number of halogens is 1. The smallest absolute Gasteiger partial charge is 0.236 e. The second-order valence-corrected chi connectivity index (χ2v) is 8.86. The minimum atomic E-state index is -1.25. The average Bonchev–Trinajstić information content (AvgIpc) is 2.84. The zero-order chi connectivity index (χ0) is 24.7. The van der Waals surface area contributed by atoms with Crippen molar-refractivity contribution in [1.29, 1.82) is 0 Å². The number of fused-ring (bicyclic) bond motifs is 4. The molecule has 2 aliphatic rings. The van der Waals surface area contributed by atoms with Gasteiger partial charge in [-0.15, -0.1) is 0 Å². The van der Waals surface area contributed by atoms with Crippen LogP contribution in [0.15, 0.2) is 66.7 Å². The molecule has 0 spiro atoms. The Hall–Kier alpha value is -3.85. The van der Waals surface area contributed by atoms with Crippen molar-refractivity contribution < 1.29 is 23.4 Å². The van der Waals surface area contributed by atoms with Crippen LogP contribution >= 0.6 is 12.2 Å². The largest absolute Gasteiger partial charge is 0.497 e. The number of carbonyl (C=O) groups is 1. The van der Waals surface area contributed by atoms with E-state index in [0.717, 1.165) is 5.56 Å². The lowest BCUT2D eigenvalue weighted by Gasteiger charge is -2.56. The van der Waals surface area contributed by atoms with Gasteiger partial charge in [0.1, 0.15) is 17.5 Å². The summed E-state index contributed by atoms with van der Waals surface area (Å²) in [6.07, 6.45) is 0. The van der Waals surface area contributed by atoms with Gasteiger partial charge >= 0.3 is 0 Å². The van der Waals surface area contributed by atoms with E-state index >= 15 is 0 Å². The molecule has 0 aromatic heterocycles. The molecule has 0 saturated carbocycles. The van der Waals surface area contributed by atoms with E-state index in [1.165, 1.54) is 12.1 Å². The van der Waals surface area contributed by atoms with Crippen LogP contribution in [0.4, 0.5) is 15.8 Å². The Morgan fingerprint density at radius 2 is 1.80 bits per heavy atom. The molecule has 5 rings (SSSR count). The summed E-state index contributed by atoms with van der Waals surface area (Å²) in [5.74, 6) is 0.375. The van der Waals surface area contributed by atoms with Crippen molar-refractivity contribution in [2.45, 2.75) is 18.7 Å². The molecule has 2 aliphatic heterocycles. The van der Waals surface area contributed by atoms with E-state index in [-0.39, 0.29) is 11.7 Å². The summed E-state index contributed by atoms with van der Waals surface area (Å²) in [4.78, 5) is 15.5. The fourth-order valence-electron chi connectivity index (χ4n) is 4.80. The van der Waals surface area contributed by atoms with Crippen molar-refractivity contribution in [3.05, 3.63) is 78.1 Å². The predicted molar refractivity (Wildman–Crippen MR) is 134 cm³/mol. The molecule has 2 N–H and O–H groups in total. The maximum absolute atomic E-state index is 13.8. The Labute approximate surface area is 207 Å². The molecule has 1 fully saturated rings. The molecule has 35 heavy (non-hydrogen) atoms. The van der Waals surface area contributed by atoms with E-state index in [2.05, 4.69) is 10.6 Å². The molecule has 0 unspecified atom stereocenters. The standard InChI is InChI=1S/C26H24FN3O4S/c1-26-21(24(31)28-16-9-13-18(32-2)14-10-16)22(19-5-4-6-20(33-3)23(19)34-26)29-25(35)30(26)17-11-7-15(27)8-12-17/h4-14,21-22H,1-3H3,(H,28,31)(H,29,35)/t21-,22+,26+/m1/s1. The summed E-state index contributed by atoms with van der Waals surface area (Å²) in [7, 11) is 3.15. The van der Waals surface area contributed by atoms with Crippen LogP contribution in [0.1, 0.15) is 18.5 Å². The number of para-hydroxylation sites is 1. The fourth-order valence-corrected chi connectivity index (χ4v) is 5.22. The molecule has 3 aromatic rings. The second-order valence-electron chi connectivity index (χ2n) is 8.47. The van der Waals surface area contributed by atoms with Crippen molar-refractivity contribution in [2.75, 3.05) is 24.4 Å². The number of thiocarbonyl (C=S) groups is 1. The van der Waals surface area contributed by atoms with Crippen LogP contribution < -0.4 is 29.7 Å². The molecule has 1 saturated heterocycles. The number of carbonyl (C=O) groups excluding carboxylic acids is 1. The van der Waals surface area contributed by atoms with E-state index in [0.29, 0.717) is 33.7 Å². The van der Waals surface area contributed by atoms with Gasteiger partial charge in [0.25, 0.3) is 0 Å². The van der Waals surface area contributed by atoms with Gasteiger partial charge in [0.05, 0.1) is 20.3 Å². The maximum atomic E-state index is 13.8. The highest BCUT2D eigenvalue weighted by molar-refractivity contribution is 7.80. The van der Waals surface area contributed by atoms with Gasteiger partial charge in [-0.2, -0.15) is 0 Å². The first kappa shape index (κ1) is 22.9. The Kier molecular flexibility index (Phi) is 5.72. The lowest BCUT2D eigenvalue weighted by atomic mass is 9.78. The lowest BCUT2D eigenvalue weighted by molar-refractivity contribution is -0.130. The molecule has 3 aromatic carbocycles. The van der Waals surface area contributed by atoms with Crippen LogP contribution in [-0.2, 0) is 4.79 Å². The molecule has 1 amide bonds. The molecule has 7 nitrogen and oxygen atoms in total. The summed E-state index contributed by atoms with van der Waals surface area (Å²) >= 11 is 5.72. The van der Waals surface area contributed by atoms with Crippen LogP contribution in [0, 0.1) is 11.7 Å². The molecule has 2 heterocycles. The van der Waals surface area contributed by atoms with Crippen molar-refractivity contribution in [2.24, 2.45) is 5.92 Å². The molecule has 9 heteroatoms. The Morgan fingerprint density at radius 3 is 2.46 bits per heavy atom. The van der Waals surface area contributed by atoms with E-state index < -0.39 is 17.7 Å². The Bertz CT molecular complexity index is 1280. The van der Waals surface area contributed by atoms with Crippen molar-refractivity contribution in [1.82, 2.24) is 5.32 Å². The minimum absolute atomic E-state index is 0.266.